The minimum atomic E-state index is -0.146. The smallest absolute Gasteiger partial charge is 0.252 e. The van der Waals surface area contributed by atoms with Crippen molar-refractivity contribution in [3.8, 4) is 17.4 Å². The van der Waals surface area contributed by atoms with Crippen LogP contribution in [0.15, 0.2) is 36.7 Å². The Morgan fingerprint density at radius 1 is 1.21 bits per heavy atom. The minimum Gasteiger partial charge on any atom is -0.497 e. The topological polar surface area (TPSA) is 91.2 Å². The highest BCUT2D eigenvalue weighted by Crippen LogP contribution is 2.47. The maximum atomic E-state index is 12.4. The van der Waals surface area contributed by atoms with Gasteiger partial charge in [0.05, 0.1) is 30.9 Å². The van der Waals surface area contributed by atoms with Gasteiger partial charge in [0.2, 0.25) is 5.91 Å². The van der Waals surface area contributed by atoms with E-state index in [9.17, 15) is 4.79 Å². The average Bonchev–Trinajstić information content (AvgIpc) is 2.93. The maximum Gasteiger partial charge on any atom is 0.252 e. The molecule has 3 aromatic rings. The van der Waals surface area contributed by atoms with Crippen LogP contribution in [0.4, 0.5) is 5.82 Å². The molecule has 3 heterocycles. The molecule has 1 aromatic carbocycles. The van der Waals surface area contributed by atoms with Crippen molar-refractivity contribution in [1.29, 1.82) is 0 Å². The zero-order valence-electron chi connectivity index (χ0n) is 15.7. The van der Waals surface area contributed by atoms with Gasteiger partial charge in [0.1, 0.15) is 17.3 Å². The molecule has 4 rings (SSSR count). The molecule has 1 amide bonds. The largest absolute Gasteiger partial charge is 0.497 e. The van der Waals surface area contributed by atoms with E-state index in [1.54, 1.807) is 37.4 Å². The number of methoxy groups -OCH3 is 2. The SMILES string of the molecule is COc1ccc([C@@H]2SCC(=O)Nc3c2c(C)nn3-c2ncccn2)c(OC)c1. The van der Waals surface area contributed by atoms with E-state index in [1.165, 1.54) is 11.8 Å². The summed E-state index contributed by atoms with van der Waals surface area (Å²) in [6, 6.07) is 7.43. The van der Waals surface area contributed by atoms with Gasteiger partial charge >= 0.3 is 0 Å². The zero-order chi connectivity index (χ0) is 19.7. The van der Waals surface area contributed by atoms with E-state index in [0.717, 1.165) is 16.8 Å². The van der Waals surface area contributed by atoms with E-state index in [-0.39, 0.29) is 11.2 Å². The van der Waals surface area contributed by atoms with Gasteiger partial charge in [-0.05, 0) is 19.1 Å². The molecule has 0 radical (unpaired) electrons. The molecule has 1 N–H and O–H groups in total. The van der Waals surface area contributed by atoms with Crippen molar-refractivity contribution < 1.29 is 14.3 Å². The summed E-state index contributed by atoms with van der Waals surface area (Å²) in [5.74, 6) is 2.60. The Morgan fingerprint density at radius 3 is 2.71 bits per heavy atom. The third kappa shape index (κ3) is 3.18. The minimum absolute atomic E-state index is 0.0988. The number of benzene rings is 1. The number of nitrogens with one attached hydrogen (secondary N) is 1. The molecule has 0 aliphatic carbocycles. The maximum absolute atomic E-state index is 12.4. The van der Waals surface area contributed by atoms with Gasteiger partial charge < -0.3 is 14.8 Å². The normalized spacial score (nSPS) is 16.1. The highest BCUT2D eigenvalue weighted by atomic mass is 32.2. The van der Waals surface area contributed by atoms with Gasteiger partial charge in [-0.2, -0.15) is 9.78 Å². The second kappa shape index (κ2) is 7.51. The molecular weight excluding hydrogens is 378 g/mol. The van der Waals surface area contributed by atoms with Gasteiger partial charge in [0, 0.05) is 29.6 Å². The van der Waals surface area contributed by atoms with Crippen LogP contribution in [0, 0.1) is 6.92 Å². The first-order valence-corrected chi connectivity index (χ1v) is 9.67. The van der Waals surface area contributed by atoms with Crippen molar-refractivity contribution in [2.75, 3.05) is 25.3 Å². The van der Waals surface area contributed by atoms with Crippen LogP contribution in [0.3, 0.4) is 0 Å². The molecule has 2 aromatic heterocycles. The highest BCUT2D eigenvalue weighted by molar-refractivity contribution is 8.00. The molecular formula is C19H19N5O3S. The molecule has 144 valence electrons. The molecule has 28 heavy (non-hydrogen) atoms. The summed E-state index contributed by atoms with van der Waals surface area (Å²) in [5.41, 5.74) is 2.65. The van der Waals surface area contributed by atoms with E-state index in [1.807, 2.05) is 25.1 Å². The average molecular weight is 397 g/mol. The third-order valence-corrected chi connectivity index (χ3v) is 5.72. The van der Waals surface area contributed by atoms with Gasteiger partial charge in [-0.3, -0.25) is 4.79 Å². The summed E-state index contributed by atoms with van der Waals surface area (Å²) in [6.07, 6.45) is 3.28. The molecule has 0 saturated heterocycles. The second-order valence-corrected chi connectivity index (χ2v) is 7.25. The first kappa shape index (κ1) is 18.3. The summed E-state index contributed by atoms with van der Waals surface area (Å²) in [5, 5.41) is 7.42. The summed E-state index contributed by atoms with van der Waals surface area (Å²) < 4.78 is 12.5. The number of carbonyl (C=O) groups is 1. The standard InChI is InChI=1S/C19H19N5O3S/c1-11-16-17(13-6-5-12(26-2)9-14(13)27-3)28-10-15(25)22-18(16)24(23-11)19-20-7-4-8-21-19/h4-9,17H,10H2,1-3H3,(H,22,25)/t17-/m0/s1. The third-order valence-electron chi connectivity index (χ3n) is 4.47. The molecule has 1 atom stereocenters. The van der Waals surface area contributed by atoms with Crippen LogP contribution in [-0.2, 0) is 4.79 Å². The monoisotopic (exact) mass is 397 g/mol. The molecule has 0 spiro atoms. The van der Waals surface area contributed by atoms with Crippen molar-refractivity contribution in [2.24, 2.45) is 0 Å². The lowest BCUT2D eigenvalue weighted by Gasteiger charge is -2.19. The molecule has 8 nitrogen and oxygen atoms in total. The summed E-state index contributed by atoms with van der Waals surface area (Å²) in [4.78, 5) is 20.9. The number of carbonyl (C=O) groups excluding carboxylic acids is 1. The first-order chi connectivity index (χ1) is 13.6. The number of fused-ring (bicyclic) bond motifs is 1. The second-order valence-electron chi connectivity index (χ2n) is 6.16. The van der Waals surface area contributed by atoms with E-state index in [0.29, 0.717) is 29.0 Å². The van der Waals surface area contributed by atoms with Gasteiger partial charge in [0.25, 0.3) is 5.95 Å². The Balaban J connectivity index is 1.89. The zero-order valence-corrected chi connectivity index (χ0v) is 16.5. The van der Waals surface area contributed by atoms with Crippen molar-refractivity contribution in [2.45, 2.75) is 12.2 Å². The van der Waals surface area contributed by atoms with Crippen molar-refractivity contribution in [1.82, 2.24) is 19.7 Å². The van der Waals surface area contributed by atoms with E-state index >= 15 is 0 Å². The quantitative estimate of drug-likeness (QED) is 0.724. The fourth-order valence-electron chi connectivity index (χ4n) is 3.21. The number of nitrogens with zero attached hydrogens (tertiary/aromatic N) is 4. The number of aromatic nitrogens is 4. The van der Waals surface area contributed by atoms with Crippen LogP contribution in [0.25, 0.3) is 5.95 Å². The molecule has 0 saturated carbocycles. The summed E-state index contributed by atoms with van der Waals surface area (Å²) in [7, 11) is 3.24. The lowest BCUT2D eigenvalue weighted by atomic mass is 10.0. The number of thioether (sulfide) groups is 1. The van der Waals surface area contributed by atoms with Crippen LogP contribution in [-0.4, -0.2) is 45.6 Å². The predicted molar refractivity (Wildman–Crippen MR) is 106 cm³/mol. The van der Waals surface area contributed by atoms with Gasteiger partial charge in [-0.15, -0.1) is 11.8 Å². The molecule has 9 heteroatoms. The number of rotatable bonds is 4. The van der Waals surface area contributed by atoms with Crippen molar-refractivity contribution in [3.63, 3.8) is 0 Å². The Hall–Kier alpha value is -3.07. The molecule has 0 fully saturated rings. The Kier molecular flexibility index (Phi) is 4.91. The van der Waals surface area contributed by atoms with Gasteiger partial charge in [0.15, 0.2) is 0 Å². The Bertz CT molecular complexity index is 1020. The fourth-order valence-corrected chi connectivity index (χ4v) is 4.42. The lowest BCUT2D eigenvalue weighted by molar-refractivity contribution is -0.113. The number of ether oxygens (including phenoxy) is 2. The predicted octanol–water partition coefficient (Wildman–Crippen LogP) is 2.76. The van der Waals surface area contributed by atoms with Crippen LogP contribution >= 0.6 is 11.8 Å². The number of hydrogen-bond acceptors (Lipinski definition) is 7. The molecule has 0 bridgehead atoms. The van der Waals surface area contributed by atoms with Crippen LogP contribution in [0.1, 0.15) is 22.1 Å². The Labute approximate surface area is 166 Å². The number of anilines is 1. The first-order valence-electron chi connectivity index (χ1n) is 8.62. The number of hydrogen-bond donors (Lipinski definition) is 1. The number of amides is 1. The summed E-state index contributed by atoms with van der Waals surface area (Å²) >= 11 is 1.53. The molecule has 1 aliphatic rings. The Morgan fingerprint density at radius 2 is 2.00 bits per heavy atom. The van der Waals surface area contributed by atoms with Crippen molar-refractivity contribution in [3.05, 3.63) is 53.5 Å². The van der Waals surface area contributed by atoms with E-state index in [4.69, 9.17) is 9.47 Å². The summed E-state index contributed by atoms with van der Waals surface area (Å²) in [6.45, 7) is 1.92. The van der Waals surface area contributed by atoms with Crippen LogP contribution < -0.4 is 14.8 Å². The highest BCUT2D eigenvalue weighted by Gasteiger charge is 2.32. The molecule has 1 aliphatic heterocycles. The van der Waals surface area contributed by atoms with E-state index < -0.39 is 0 Å². The van der Waals surface area contributed by atoms with E-state index in [2.05, 4.69) is 20.4 Å². The fraction of sp³-hybridized carbons (Fsp3) is 0.263. The lowest BCUT2D eigenvalue weighted by Crippen LogP contribution is -2.16. The van der Waals surface area contributed by atoms with Crippen molar-refractivity contribution >= 4 is 23.5 Å². The number of aryl methyl sites for hydroxylation is 1. The van der Waals surface area contributed by atoms with Crippen LogP contribution in [0.2, 0.25) is 0 Å². The van der Waals surface area contributed by atoms with Crippen LogP contribution in [0.5, 0.6) is 11.5 Å². The van der Waals surface area contributed by atoms with Gasteiger partial charge in [-0.25, -0.2) is 9.97 Å². The van der Waals surface area contributed by atoms with Gasteiger partial charge in [-0.1, -0.05) is 6.07 Å². The molecule has 0 unspecified atom stereocenters.